The molecule has 0 heterocycles. The van der Waals surface area contributed by atoms with Gasteiger partial charge in [0, 0.05) is 17.5 Å². The van der Waals surface area contributed by atoms with Gasteiger partial charge >= 0.3 is 0 Å². The lowest BCUT2D eigenvalue weighted by Crippen LogP contribution is -2.23. The minimum absolute atomic E-state index is 0.238. The quantitative estimate of drug-likeness (QED) is 0.773. The Balaban J connectivity index is 1.73. The highest BCUT2D eigenvalue weighted by atomic mass is 32.2. The highest BCUT2D eigenvalue weighted by Gasteiger charge is 2.14. The van der Waals surface area contributed by atoms with Gasteiger partial charge in [-0.3, -0.25) is 4.79 Å². The maximum absolute atomic E-state index is 13.1. The highest BCUT2D eigenvalue weighted by Crippen LogP contribution is 2.17. The average Bonchev–Trinajstić information content (AvgIpc) is 2.55. The Hall–Kier alpha value is -2.08. The molecular formula is C17H17F2NO2S. The molecule has 1 unspecified atom stereocenters. The van der Waals surface area contributed by atoms with Crippen molar-refractivity contribution >= 4 is 23.4 Å². The Kier molecular flexibility index (Phi) is 6.40. The van der Waals surface area contributed by atoms with Gasteiger partial charge in [0.15, 0.2) is 11.6 Å². The van der Waals surface area contributed by atoms with Crippen molar-refractivity contribution < 1.29 is 18.3 Å². The fourth-order valence-electron chi connectivity index (χ4n) is 1.79. The number of benzene rings is 2. The molecule has 1 N–H and O–H groups in total. The van der Waals surface area contributed by atoms with E-state index in [-0.39, 0.29) is 16.8 Å². The lowest BCUT2D eigenvalue weighted by atomic mass is 10.3. The first-order valence-electron chi connectivity index (χ1n) is 7.11. The van der Waals surface area contributed by atoms with Gasteiger partial charge in [-0.2, -0.15) is 0 Å². The lowest BCUT2D eigenvalue weighted by molar-refractivity contribution is -0.115. The third-order valence-electron chi connectivity index (χ3n) is 3.02. The third-order valence-corrected chi connectivity index (χ3v) is 4.14. The van der Waals surface area contributed by atoms with Crippen LogP contribution in [-0.4, -0.2) is 23.5 Å². The zero-order valence-electron chi connectivity index (χ0n) is 12.6. The maximum atomic E-state index is 13.1. The van der Waals surface area contributed by atoms with Crippen molar-refractivity contribution in [3.05, 3.63) is 60.2 Å². The second kappa shape index (κ2) is 8.53. The van der Waals surface area contributed by atoms with Crippen LogP contribution < -0.4 is 10.1 Å². The van der Waals surface area contributed by atoms with Gasteiger partial charge in [0.25, 0.3) is 0 Å². The monoisotopic (exact) mass is 337 g/mol. The summed E-state index contributed by atoms with van der Waals surface area (Å²) in [5.74, 6) is -0.767. The number of para-hydroxylation sites is 1. The van der Waals surface area contributed by atoms with Gasteiger partial charge in [-0.05, 0) is 31.2 Å². The summed E-state index contributed by atoms with van der Waals surface area (Å²) in [6.45, 7) is 2.24. The SMILES string of the molecule is CC(SCCOc1ccccc1)C(=O)Nc1ccc(F)c(F)c1. The number of anilines is 1. The molecule has 0 spiro atoms. The van der Waals surface area contributed by atoms with Crippen LogP contribution in [0.25, 0.3) is 0 Å². The number of hydrogen-bond donors (Lipinski definition) is 1. The lowest BCUT2D eigenvalue weighted by Gasteiger charge is -2.12. The number of thioether (sulfide) groups is 1. The molecule has 0 aromatic heterocycles. The molecule has 3 nitrogen and oxygen atoms in total. The number of carbonyl (C=O) groups is 1. The van der Waals surface area contributed by atoms with Gasteiger partial charge in [0.1, 0.15) is 5.75 Å². The van der Waals surface area contributed by atoms with Crippen molar-refractivity contribution in [2.45, 2.75) is 12.2 Å². The van der Waals surface area contributed by atoms with E-state index >= 15 is 0 Å². The largest absolute Gasteiger partial charge is 0.493 e. The summed E-state index contributed by atoms with van der Waals surface area (Å²) in [6, 6.07) is 12.7. The van der Waals surface area contributed by atoms with Gasteiger partial charge in [-0.15, -0.1) is 11.8 Å². The van der Waals surface area contributed by atoms with E-state index < -0.39 is 11.6 Å². The second-order valence-corrected chi connectivity index (χ2v) is 6.24. The summed E-state index contributed by atoms with van der Waals surface area (Å²) in [7, 11) is 0. The standard InChI is InChI=1S/C17H17F2NO2S/c1-12(23-10-9-22-14-5-3-2-4-6-14)17(21)20-13-7-8-15(18)16(19)11-13/h2-8,11-12H,9-10H2,1H3,(H,20,21). The zero-order chi connectivity index (χ0) is 16.7. The molecule has 122 valence electrons. The van der Waals surface area contributed by atoms with E-state index in [4.69, 9.17) is 4.74 Å². The number of amides is 1. The van der Waals surface area contributed by atoms with Crippen molar-refractivity contribution in [2.24, 2.45) is 0 Å². The van der Waals surface area contributed by atoms with E-state index in [2.05, 4.69) is 5.32 Å². The molecule has 2 rings (SSSR count). The highest BCUT2D eigenvalue weighted by molar-refractivity contribution is 8.00. The Morgan fingerprint density at radius 1 is 1.17 bits per heavy atom. The first kappa shape index (κ1) is 17.3. The predicted octanol–water partition coefficient (Wildman–Crippen LogP) is 4.10. The molecule has 1 atom stereocenters. The molecule has 0 saturated carbocycles. The number of rotatable bonds is 7. The van der Waals surface area contributed by atoms with Crippen LogP contribution in [0, 0.1) is 11.6 Å². The molecule has 0 radical (unpaired) electrons. The Morgan fingerprint density at radius 2 is 1.91 bits per heavy atom. The average molecular weight is 337 g/mol. The van der Waals surface area contributed by atoms with Crippen molar-refractivity contribution in [1.82, 2.24) is 0 Å². The number of ether oxygens (including phenoxy) is 1. The van der Waals surface area contributed by atoms with Crippen LogP contribution in [0.2, 0.25) is 0 Å². The van der Waals surface area contributed by atoms with Crippen LogP contribution in [-0.2, 0) is 4.79 Å². The zero-order valence-corrected chi connectivity index (χ0v) is 13.4. The molecule has 0 aliphatic heterocycles. The van der Waals surface area contributed by atoms with E-state index in [1.54, 1.807) is 6.92 Å². The normalized spacial score (nSPS) is 11.8. The molecule has 0 aliphatic carbocycles. The Morgan fingerprint density at radius 3 is 2.61 bits per heavy atom. The van der Waals surface area contributed by atoms with Crippen molar-refractivity contribution in [3.63, 3.8) is 0 Å². The number of nitrogens with one attached hydrogen (secondary N) is 1. The van der Waals surface area contributed by atoms with Gasteiger partial charge < -0.3 is 10.1 Å². The summed E-state index contributed by atoms with van der Waals surface area (Å²) in [4.78, 5) is 12.0. The topological polar surface area (TPSA) is 38.3 Å². The summed E-state index contributed by atoms with van der Waals surface area (Å²) in [5, 5.41) is 2.23. The van der Waals surface area contributed by atoms with E-state index in [1.807, 2.05) is 30.3 Å². The van der Waals surface area contributed by atoms with E-state index in [0.717, 1.165) is 17.9 Å². The molecule has 0 saturated heterocycles. The molecule has 1 amide bonds. The minimum Gasteiger partial charge on any atom is -0.493 e. The van der Waals surface area contributed by atoms with Gasteiger partial charge in [-0.25, -0.2) is 8.78 Å². The molecule has 0 aliphatic rings. The van der Waals surface area contributed by atoms with Gasteiger partial charge in [0.2, 0.25) is 5.91 Å². The summed E-state index contributed by atoms with van der Waals surface area (Å²) in [6.07, 6.45) is 0. The van der Waals surface area contributed by atoms with Crippen LogP contribution in [0.4, 0.5) is 14.5 Å². The van der Waals surface area contributed by atoms with Gasteiger partial charge in [-0.1, -0.05) is 18.2 Å². The third kappa shape index (κ3) is 5.56. The molecule has 0 bridgehead atoms. The van der Waals surface area contributed by atoms with Crippen LogP contribution in [0.15, 0.2) is 48.5 Å². The van der Waals surface area contributed by atoms with Crippen molar-refractivity contribution in [2.75, 3.05) is 17.7 Å². The number of carbonyl (C=O) groups excluding carboxylic acids is 1. The van der Waals surface area contributed by atoms with Crippen LogP contribution in [0.3, 0.4) is 0 Å². The molecule has 0 fully saturated rings. The minimum atomic E-state index is -0.987. The van der Waals surface area contributed by atoms with Crippen LogP contribution in [0.5, 0.6) is 5.75 Å². The first-order chi connectivity index (χ1) is 11.1. The number of halogens is 2. The summed E-state index contributed by atoms with van der Waals surface area (Å²) >= 11 is 1.43. The maximum Gasteiger partial charge on any atom is 0.237 e. The molecule has 2 aromatic rings. The predicted molar refractivity (Wildman–Crippen MR) is 88.8 cm³/mol. The van der Waals surface area contributed by atoms with E-state index in [1.165, 1.54) is 17.8 Å². The van der Waals surface area contributed by atoms with Crippen molar-refractivity contribution in [3.8, 4) is 5.75 Å². The van der Waals surface area contributed by atoms with Crippen LogP contribution in [0.1, 0.15) is 6.92 Å². The first-order valence-corrected chi connectivity index (χ1v) is 8.16. The summed E-state index contributed by atoms with van der Waals surface area (Å²) in [5.41, 5.74) is 0.238. The Labute approximate surface area is 138 Å². The molecule has 6 heteroatoms. The molecular weight excluding hydrogens is 320 g/mol. The van der Waals surface area contributed by atoms with E-state index in [0.29, 0.717) is 12.4 Å². The summed E-state index contributed by atoms with van der Waals surface area (Å²) < 4.78 is 31.5. The fourth-order valence-corrected chi connectivity index (χ4v) is 2.54. The van der Waals surface area contributed by atoms with E-state index in [9.17, 15) is 13.6 Å². The Bertz CT molecular complexity index is 652. The smallest absolute Gasteiger partial charge is 0.237 e. The van der Waals surface area contributed by atoms with Crippen LogP contribution >= 0.6 is 11.8 Å². The second-order valence-electron chi connectivity index (χ2n) is 4.79. The molecule has 2 aromatic carbocycles. The molecule has 23 heavy (non-hydrogen) atoms. The van der Waals surface area contributed by atoms with Crippen molar-refractivity contribution in [1.29, 1.82) is 0 Å². The number of hydrogen-bond acceptors (Lipinski definition) is 3. The fraction of sp³-hybridized carbons (Fsp3) is 0.235. The van der Waals surface area contributed by atoms with Gasteiger partial charge in [0.05, 0.1) is 11.9 Å².